The monoisotopic (exact) mass is 583 g/mol. The van der Waals surface area contributed by atoms with Gasteiger partial charge in [-0.2, -0.15) is 0 Å². The molecule has 1 nitrogen and oxygen atoms in total. The fourth-order valence-corrected chi connectivity index (χ4v) is 6.27. The van der Waals surface area contributed by atoms with Crippen LogP contribution in [-0.4, -0.2) is 0 Å². The lowest BCUT2D eigenvalue weighted by Crippen LogP contribution is -1.92. The van der Waals surface area contributed by atoms with Crippen molar-refractivity contribution in [1.82, 2.24) is 0 Å². The molecule has 1 heteroatoms. The van der Waals surface area contributed by atoms with Gasteiger partial charge in [0.1, 0.15) is 11.2 Å². The normalized spacial score (nSPS) is 15.0. The number of rotatable bonds is 4. The maximum Gasteiger partial charge on any atom is 0.136 e. The first kappa shape index (κ1) is 16.8. The lowest BCUT2D eigenvalue weighted by Gasteiger charge is -2.19. The predicted octanol–water partition coefficient (Wildman–Crippen LogP) is 12.6. The molecule has 0 bridgehead atoms. The van der Waals surface area contributed by atoms with Crippen molar-refractivity contribution >= 4 is 43.5 Å². The van der Waals surface area contributed by atoms with Gasteiger partial charge in [-0.1, -0.05) is 145 Å². The average Bonchev–Trinajstić information content (AvgIpc) is 3.59. The lowest BCUT2D eigenvalue weighted by molar-refractivity contribution is 0.669. The van der Waals surface area contributed by atoms with Crippen LogP contribution in [0.4, 0.5) is 0 Å². The molecule has 1 aromatic heterocycles. The minimum atomic E-state index is -0.592. The molecule has 0 aliphatic heterocycles. The molecule has 45 heavy (non-hydrogen) atoms. The number of benzene rings is 8. The van der Waals surface area contributed by atoms with Crippen LogP contribution in [0.2, 0.25) is 0 Å². The molecule has 0 atom stereocenters. The third kappa shape index (κ3) is 4.17. The molecule has 0 saturated carbocycles. The molecule has 0 radical (unpaired) electrons. The summed E-state index contributed by atoms with van der Waals surface area (Å²) in [4.78, 5) is 0. The van der Waals surface area contributed by atoms with E-state index in [0.29, 0.717) is 38.6 Å². The van der Waals surface area contributed by atoms with E-state index in [1.807, 2.05) is 66.7 Å². The zero-order chi connectivity index (χ0) is 39.3. The largest absolute Gasteiger partial charge is 0.456 e. The molecule has 0 fully saturated rings. The molecule has 0 aliphatic carbocycles. The standard InChI is InChI=1S/C44H28O/c1-3-14-29(15-4-1)31-18-13-19-32(26-31)42-34-20-7-9-22-36(34)43(37-23-10-8-21-35(37)42)39-27-33(30-16-5-2-6-17-30)28-41-44(39)38-24-11-12-25-40(38)45-41/h1-28H/i7D,8D,9D,10D,18D,19D,20D,21D,22D,23D,26D. The Balaban J connectivity index is 1.61. The molecule has 1 heterocycles. The van der Waals surface area contributed by atoms with Gasteiger partial charge in [-0.3, -0.25) is 0 Å². The van der Waals surface area contributed by atoms with E-state index in [1.54, 1.807) is 30.3 Å². The van der Waals surface area contributed by atoms with Crippen molar-refractivity contribution < 1.29 is 19.5 Å². The number of hydrogen-bond donors (Lipinski definition) is 0. The van der Waals surface area contributed by atoms with Gasteiger partial charge in [0.2, 0.25) is 0 Å². The van der Waals surface area contributed by atoms with E-state index in [4.69, 9.17) is 11.3 Å². The van der Waals surface area contributed by atoms with Crippen molar-refractivity contribution in [3.8, 4) is 44.5 Å². The second-order valence-electron chi connectivity index (χ2n) is 10.8. The predicted molar refractivity (Wildman–Crippen MR) is 190 cm³/mol. The van der Waals surface area contributed by atoms with E-state index in [-0.39, 0.29) is 61.9 Å². The van der Waals surface area contributed by atoms with Crippen molar-refractivity contribution in [3.63, 3.8) is 0 Å². The molecule has 0 amide bonds. The number of hydrogen-bond acceptors (Lipinski definition) is 1. The first-order valence-corrected chi connectivity index (χ1v) is 14.5. The summed E-state index contributed by atoms with van der Waals surface area (Å²) in [5.41, 5.74) is 3.46. The fourth-order valence-electron chi connectivity index (χ4n) is 6.27. The molecule has 9 aromatic rings. The van der Waals surface area contributed by atoms with Crippen LogP contribution < -0.4 is 0 Å². The Labute approximate surface area is 277 Å². The Morgan fingerprint density at radius 3 is 1.62 bits per heavy atom. The summed E-state index contributed by atoms with van der Waals surface area (Å²) in [6, 6.07) is 25.6. The van der Waals surface area contributed by atoms with Crippen LogP contribution in [0.3, 0.4) is 0 Å². The maximum absolute atomic E-state index is 9.58. The minimum absolute atomic E-state index is 0.0460. The van der Waals surface area contributed by atoms with E-state index >= 15 is 0 Å². The Bertz CT molecular complexity index is 3060. The highest BCUT2D eigenvalue weighted by Crippen LogP contribution is 2.48. The zero-order valence-electron chi connectivity index (χ0n) is 34.7. The molecular formula is C44H28O. The van der Waals surface area contributed by atoms with Gasteiger partial charge in [-0.25, -0.2) is 0 Å². The fraction of sp³-hybridized carbons (Fsp3) is 0. The van der Waals surface area contributed by atoms with Gasteiger partial charge in [0.05, 0.1) is 15.1 Å². The summed E-state index contributed by atoms with van der Waals surface area (Å²) in [5, 5.41) is 0.930. The van der Waals surface area contributed by atoms with Gasteiger partial charge in [-0.15, -0.1) is 0 Å². The Morgan fingerprint density at radius 2 is 0.956 bits per heavy atom. The van der Waals surface area contributed by atoms with Gasteiger partial charge in [0.15, 0.2) is 0 Å². The van der Waals surface area contributed by atoms with Crippen molar-refractivity contribution in [2.24, 2.45) is 0 Å². The van der Waals surface area contributed by atoms with Crippen LogP contribution in [0.5, 0.6) is 0 Å². The van der Waals surface area contributed by atoms with Crippen LogP contribution in [0.15, 0.2) is 174 Å². The van der Waals surface area contributed by atoms with Crippen molar-refractivity contribution in [1.29, 1.82) is 0 Å². The Hall–Kier alpha value is -5.92. The highest BCUT2D eigenvalue weighted by atomic mass is 16.3. The average molecular weight is 584 g/mol. The first-order chi connectivity index (χ1) is 26.9. The van der Waals surface area contributed by atoms with Crippen LogP contribution in [-0.2, 0) is 0 Å². The number of para-hydroxylation sites is 1. The van der Waals surface area contributed by atoms with Crippen LogP contribution in [0.1, 0.15) is 15.1 Å². The highest BCUT2D eigenvalue weighted by Gasteiger charge is 2.21. The highest BCUT2D eigenvalue weighted by molar-refractivity contribution is 6.26. The van der Waals surface area contributed by atoms with Crippen LogP contribution >= 0.6 is 0 Å². The van der Waals surface area contributed by atoms with E-state index < -0.39 is 48.3 Å². The van der Waals surface area contributed by atoms with E-state index in [9.17, 15) is 8.22 Å². The van der Waals surface area contributed by atoms with Crippen molar-refractivity contribution in [3.05, 3.63) is 170 Å². The third-order valence-corrected chi connectivity index (χ3v) is 8.23. The van der Waals surface area contributed by atoms with Gasteiger partial charge in [0.25, 0.3) is 0 Å². The van der Waals surface area contributed by atoms with Crippen LogP contribution in [0.25, 0.3) is 88.0 Å². The smallest absolute Gasteiger partial charge is 0.136 e. The minimum Gasteiger partial charge on any atom is -0.456 e. The molecule has 0 N–H and O–H groups in total. The van der Waals surface area contributed by atoms with E-state index in [0.717, 1.165) is 5.56 Å². The molecule has 8 aromatic carbocycles. The maximum atomic E-state index is 9.58. The summed E-state index contributed by atoms with van der Waals surface area (Å²) in [7, 11) is 0. The Kier molecular flexibility index (Phi) is 3.87. The van der Waals surface area contributed by atoms with Gasteiger partial charge in [0, 0.05) is 10.8 Å². The Morgan fingerprint density at radius 1 is 0.400 bits per heavy atom. The van der Waals surface area contributed by atoms with E-state index in [2.05, 4.69) is 0 Å². The molecule has 9 rings (SSSR count). The number of fused-ring (bicyclic) bond motifs is 5. The van der Waals surface area contributed by atoms with Gasteiger partial charge >= 0.3 is 0 Å². The topological polar surface area (TPSA) is 13.1 Å². The molecule has 0 saturated heterocycles. The number of furan rings is 1. The summed E-state index contributed by atoms with van der Waals surface area (Å²) >= 11 is 0. The first-order valence-electron chi connectivity index (χ1n) is 20.0. The van der Waals surface area contributed by atoms with Gasteiger partial charge < -0.3 is 4.42 Å². The van der Waals surface area contributed by atoms with E-state index in [1.165, 1.54) is 6.07 Å². The molecule has 210 valence electrons. The van der Waals surface area contributed by atoms with Crippen LogP contribution in [0, 0.1) is 0 Å². The quantitative estimate of drug-likeness (QED) is 0.188. The SMILES string of the molecule is [2H]c1cc([2H])c(-c2c3c([2H])c([2H])c([2H])c([2H])c3c(-c3cc(-c4ccccc4)cc4oc5ccccc5c34)c3c([2H])c([2H])c([2H])c([2H])c23)c([2H])c1-c1ccccc1. The zero-order valence-corrected chi connectivity index (χ0v) is 23.7. The molecular weight excluding hydrogens is 544 g/mol. The molecule has 0 spiro atoms. The summed E-state index contributed by atoms with van der Waals surface area (Å²) < 4.78 is 108. The second-order valence-corrected chi connectivity index (χ2v) is 10.8. The second kappa shape index (κ2) is 10.4. The van der Waals surface area contributed by atoms with Crippen molar-refractivity contribution in [2.75, 3.05) is 0 Å². The summed E-state index contributed by atoms with van der Waals surface area (Å²) in [5.74, 6) is 0. The van der Waals surface area contributed by atoms with Gasteiger partial charge in [-0.05, 0) is 90.3 Å². The molecule has 0 unspecified atom stereocenters. The van der Waals surface area contributed by atoms with Crippen molar-refractivity contribution in [2.45, 2.75) is 0 Å². The lowest BCUT2D eigenvalue weighted by atomic mass is 9.83. The molecule has 0 aliphatic rings. The summed E-state index contributed by atoms with van der Waals surface area (Å²) in [6.07, 6.45) is 0. The third-order valence-electron chi connectivity index (χ3n) is 8.23. The summed E-state index contributed by atoms with van der Waals surface area (Å²) in [6.45, 7) is 0.